The second-order valence-corrected chi connectivity index (χ2v) is 5.37. The Morgan fingerprint density at radius 2 is 2.00 bits per heavy atom. The third kappa shape index (κ3) is 1.95. The zero-order valence-corrected chi connectivity index (χ0v) is 11.8. The fraction of sp³-hybridized carbons (Fsp3) is 0.235. The molecule has 0 bridgehead atoms. The molecule has 0 fully saturated rings. The summed E-state index contributed by atoms with van der Waals surface area (Å²) < 4.78 is 0. The summed E-state index contributed by atoms with van der Waals surface area (Å²) in [6.45, 7) is 4.69. The van der Waals surface area contributed by atoms with Crippen LogP contribution < -0.4 is 10.6 Å². The highest BCUT2D eigenvalue weighted by atomic mass is 16.2. The maximum atomic E-state index is 12.8. The number of rotatable bonds is 1. The summed E-state index contributed by atoms with van der Waals surface area (Å²) in [5.74, 6) is 0.0653. The lowest BCUT2D eigenvalue weighted by molar-refractivity contribution is 0.0988. The maximum Gasteiger partial charge on any atom is 0.258 e. The van der Waals surface area contributed by atoms with Gasteiger partial charge in [-0.3, -0.25) is 4.79 Å². The zero-order chi connectivity index (χ0) is 14.3. The first-order valence-electron chi connectivity index (χ1n) is 6.84. The van der Waals surface area contributed by atoms with Gasteiger partial charge in [-0.15, -0.1) is 0 Å². The lowest BCUT2D eigenvalue weighted by Crippen LogP contribution is -2.29. The lowest BCUT2D eigenvalue weighted by atomic mass is 10.0. The van der Waals surface area contributed by atoms with E-state index in [4.69, 9.17) is 5.73 Å². The normalized spacial score (nSPS) is 13.4. The van der Waals surface area contributed by atoms with E-state index >= 15 is 0 Å². The highest BCUT2D eigenvalue weighted by molar-refractivity contribution is 6.08. The van der Waals surface area contributed by atoms with Crippen molar-refractivity contribution in [2.75, 3.05) is 17.2 Å². The average molecular weight is 266 g/mol. The minimum Gasteiger partial charge on any atom is -0.398 e. The Morgan fingerprint density at radius 1 is 1.20 bits per heavy atom. The molecule has 3 rings (SSSR count). The van der Waals surface area contributed by atoms with Crippen molar-refractivity contribution < 1.29 is 4.79 Å². The Hall–Kier alpha value is -2.29. The highest BCUT2D eigenvalue weighted by Gasteiger charge is 2.27. The van der Waals surface area contributed by atoms with Crippen LogP contribution in [0.3, 0.4) is 0 Å². The fourth-order valence-electron chi connectivity index (χ4n) is 2.78. The Bertz CT molecular complexity index is 691. The average Bonchev–Trinajstić information content (AvgIpc) is 2.86. The second-order valence-electron chi connectivity index (χ2n) is 5.37. The maximum absolute atomic E-state index is 12.8. The number of nitrogens with two attached hydrogens (primary N) is 1. The molecular formula is C17H18N2O. The van der Waals surface area contributed by atoms with Crippen molar-refractivity contribution in [3.05, 3.63) is 58.7 Å². The van der Waals surface area contributed by atoms with E-state index in [0.717, 1.165) is 40.0 Å². The van der Waals surface area contributed by atoms with Gasteiger partial charge in [0.15, 0.2) is 0 Å². The molecule has 1 aliphatic heterocycles. The van der Waals surface area contributed by atoms with Crippen LogP contribution in [0.25, 0.3) is 0 Å². The number of aryl methyl sites for hydroxylation is 2. The quantitative estimate of drug-likeness (QED) is 0.806. The van der Waals surface area contributed by atoms with Gasteiger partial charge in [-0.05, 0) is 44.0 Å². The molecule has 0 atom stereocenters. The van der Waals surface area contributed by atoms with E-state index in [1.165, 1.54) is 0 Å². The largest absolute Gasteiger partial charge is 0.398 e. The van der Waals surface area contributed by atoms with Crippen LogP contribution in [0.15, 0.2) is 36.4 Å². The van der Waals surface area contributed by atoms with Crippen LogP contribution in [0.2, 0.25) is 0 Å². The third-order valence-electron chi connectivity index (χ3n) is 3.93. The summed E-state index contributed by atoms with van der Waals surface area (Å²) in [6, 6.07) is 11.8. The molecule has 0 spiro atoms. The predicted molar refractivity (Wildman–Crippen MR) is 82.2 cm³/mol. The second kappa shape index (κ2) is 4.67. The first kappa shape index (κ1) is 12.7. The van der Waals surface area contributed by atoms with Crippen LogP contribution in [-0.2, 0) is 6.42 Å². The van der Waals surface area contributed by atoms with Gasteiger partial charge in [-0.2, -0.15) is 0 Å². The Kier molecular flexibility index (Phi) is 2.97. The Labute approximate surface area is 119 Å². The molecule has 1 heterocycles. The summed E-state index contributed by atoms with van der Waals surface area (Å²) in [5.41, 5.74) is 11.7. The molecule has 0 saturated heterocycles. The van der Waals surface area contributed by atoms with Gasteiger partial charge in [0, 0.05) is 29.0 Å². The van der Waals surface area contributed by atoms with E-state index in [1.54, 1.807) is 0 Å². The molecule has 0 unspecified atom stereocenters. The van der Waals surface area contributed by atoms with Crippen LogP contribution in [0.5, 0.6) is 0 Å². The molecule has 2 aromatic rings. The van der Waals surface area contributed by atoms with E-state index < -0.39 is 0 Å². The number of carbonyl (C=O) groups excluding carboxylic acids is 1. The number of carbonyl (C=O) groups is 1. The predicted octanol–water partition coefficient (Wildman–Crippen LogP) is 3.09. The molecule has 0 saturated carbocycles. The van der Waals surface area contributed by atoms with Gasteiger partial charge in [0.1, 0.15) is 0 Å². The highest BCUT2D eigenvalue weighted by Crippen LogP contribution is 2.33. The fourth-order valence-corrected chi connectivity index (χ4v) is 2.78. The van der Waals surface area contributed by atoms with Crippen LogP contribution >= 0.6 is 0 Å². The number of fused-ring (bicyclic) bond motifs is 1. The number of nitrogens with zero attached hydrogens (tertiary/aromatic N) is 1. The van der Waals surface area contributed by atoms with Crippen molar-refractivity contribution in [2.24, 2.45) is 0 Å². The summed E-state index contributed by atoms with van der Waals surface area (Å²) in [4.78, 5) is 14.6. The molecular weight excluding hydrogens is 248 g/mol. The van der Waals surface area contributed by atoms with Crippen molar-refractivity contribution >= 4 is 17.3 Å². The number of nitrogen functional groups attached to an aromatic ring is 1. The minimum absolute atomic E-state index is 0.0653. The minimum atomic E-state index is 0.0653. The van der Waals surface area contributed by atoms with Crippen LogP contribution in [-0.4, -0.2) is 12.5 Å². The monoisotopic (exact) mass is 266 g/mol. The molecule has 0 radical (unpaired) electrons. The van der Waals surface area contributed by atoms with Gasteiger partial charge in [-0.25, -0.2) is 0 Å². The molecule has 2 aromatic carbocycles. The molecule has 0 aromatic heterocycles. The van der Waals surface area contributed by atoms with Gasteiger partial charge in [0.25, 0.3) is 5.91 Å². The number of benzene rings is 2. The number of anilines is 2. The summed E-state index contributed by atoms with van der Waals surface area (Å²) >= 11 is 0. The van der Waals surface area contributed by atoms with Crippen LogP contribution in [0.1, 0.15) is 27.0 Å². The number of amides is 1. The summed E-state index contributed by atoms with van der Waals surface area (Å²) in [6.07, 6.45) is 0.832. The van der Waals surface area contributed by atoms with Gasteiger partial charge in [0.05, 0.1) is 0 Å². The molecule has 2 N–H and O–H groups in total. The molecule has 102 valence electrons. The summed E-state index contributed by atoms with van der Waals surface area (Å²) in [5, 5.41) is 0. The van der Waals surface area contributed by atoms with Crippen LogP contribution in [0.4, 0.5) is 11.4 Å². The van der Waals surface area contributed by atoms with Crippen molar-refractivity contribution in [3.8, 4) is 0 Å². The van der Waals surface area contributed by atoms with Gasteiger partial charge in [0.2, 0.25) is 0 Å². The van der Waals surface area contributed by atoms with Gasteiger partial charge >= 0.3 is 0 Å². The molecule has 3 nitrogen and oxygen atoms in total. The van der Waals surface area contributed by atoms with Gasteiger partial charge < -0.3 is 10.6 Å². The smallest absolute Gasteiger partial charge is 0.258 e. The van der Waals surface area contributed by atoms with E-state index in [2.05, 4.69) is 0 Å². The van der Waals surface area contributed by atoms with E-state index in [-0.39, 0.29) is 5.91 Å². The van der Waals surface area contributed by atoms with Crippen LogP contribution in [0, 0.1) is 13.8 Å². The number of hydrogen-bond donors (Lipinski definition) is 1. The van der Waals surface area contributed by atoms with Crippen molar-refractivity contribution in [1.29, 1.82) is 0 Å². The first-order chi connectivity index (χ1) is 9.58. The van der Waals surface area contributed by atoms with Gasteiger partial charge in [-0.1, -0.05) is 23.8 Å². The first-order valence-corrected chi connectivity index (χ1v) is 6.84. The van der Waals surface area contributed by atoms with E-state index in [1.807, 2.05) is 55.1 Å². The van der Waals surface area contributed by atoms with E-state index in [0.29, 0.717) is 6.54 Å². The molecule has 1 aliphatic rings. The van der Waals surface area contributed by atoms with E-state index in [9.17, 15) is 4.79 Å². The SMILES string of the molecule is Cc1ccc(C)c(C(=O)N2CCc3c(N)cccc32)c1. The third-order valence-corrected chi connectivity index (χ3v) is 3.93. The molecule has 3 heteroatoms. The van der Waals surface area contributed by atoms with Crippen molar-refractivity contribution in [2.45, 2.75) is 20.3 Å². The molecule has 0 aliphatic carbocycles. The Morgan fingerprint density at radius 3 is 2.80 bits per heavy atom. The zero-order valence-electron chi connectivity index (χ0n) is 11.8. The topological polar surface area (TPSA) is 46.3 Å². The van der Waals surface area contributed by atoms with Crippen molar-refractivity contribution in [1.82, 2.24) is 0 Å². The van der Waals surface area contributed by atoms with Crippen molar-refractivity contribution in [3.63, 3.8) is 0 Å². The standard InChI is InChI=1S/C17H18N2O/c1-11-6-7-12(2)14(10-11)17(20)19-9-8-13-15(18)4-3-5-16(13)19/h3-7,10H,8-9,18H2,1-2H3. The number of hydrogen-bond acceptors (Lipinski definition) is 2. The lowest BCUT2D eigenvalue weighted by Gasteiger charge is -2.19. The summed E-state index contributed by atoms with van der Waals surface area (Å²) in [7, 11) is 0. The molecule has 1 amide bonds. The Balaban J connectivity index is 2.02. The molecule has 20 heavy (non-hydrogen) atoms.